The average molecular weight is 489 g/mol. The first-order valence-corrected chi connectivity index (χ1v) is 11.6. The van der Waals surface area contributed by atoms with Crippen molar-refractivity contribution in [3.63, 3.8) is 0 Å². The molecule has 35 heavy (non-hydrogen) atoms. The molecule has 0 radical (unpaired) electrons. The highest BCUT2D eigenvalue weighted by Crippen LogP contribution is 2.35. The van der Waals surface area contributed by atoms with Gasteiger partial charge in [-0.3, -0.25) is 15.5 Å². The minimum absolute atomic E-state index is 0.000615. The van der Waals surface area contributed by atoms with Gasteiger partial charge in [-0.15, -0.1) is 11.3 Å². The Balaban J connectivity index is 1.50. The van der Waals surface area contributed by atoms with E-state index in [9.17, 15) is 9.59 Å². The molecular formula is C26H24N4O4S. The van der Waals surface area contributed by atoms with Gasteiger partial charge >= 0.3 is 6.09 Å². The zero-order valence-electron chi connectivity index (χ0n) is 18.9. The number of ether oxygens (including phenoxy) is 2. The number of nitrogens with two attached hydrogens (primary N) is 1. The molecule has 0 aliphatic heterocycles. The minimum Gasteiger partial charge on any atom is -0.481 e. The van der Waals surface area contributed by atoms with E-state index >= 15 is 0 Å². The van der Waals surface area contributed by atoms with Crippen LogP contribution in [0.1, 0.15) is 23.5 Å². The van der Waals surface area contributed by atoms with Gasteiger partial charge in [0.05, 0.1) is 4.88 Å². The second kappa shape index (κ2) is 10.7. The molecular weight excluding hydrogens is 464 g/mol. The van der Waals surface area contributed by atoms with E-state index < -0.39 is 12.2 Å². The molecule has 1 heterocycles. The van der Waals surface area contributed by atoms with Crippen LogP contribution in [0.2, 0.25) is 0 Å². The molecule has 0 bridgehead atoms. The van der Waals surface area contributed by atoms with Gasteiger partial charge in [0.25, 0.3) is 0 Å². The summed E-state index contributed by atoms with van der Waals surface area (Å²) in [5.41, 5.74) is 7.55. The van der Waals surface area contributed by atoms with E-state index in [0.717, 1.165) is 15.6 Å². The number of nitrogen functional groups attached to an aromatic ring is 1. The van der Waals surface area contributed by atoms with Gasteiger partial charge in [0.1, 0.15) is 18.2 Å². The van der Waals surface area contributed by atoms with Crippen LogP contribution in [0, 0.1) is 5.41 Å². The van der Waals surface area contributed by atoms with Crippen LogP contribution >= 0.6 is 11.3 Å². The van der Waals surface area contributed by atoms with E-state index in [-0.39, 0.29) is 18.3 Å². The third kappa shape index (κ3) is 6.15. The Bertz CT molecular complexity index is 1370. The van der Waals surface area contributed by atoms with E-state index in [1.807, 2.05) is 54.6 Å². The van der Waals surface area contributed by atoms with E-state index in [1.54, 1.807) is 24.3 Å². The summed E-state index contributed by atoms with van der Waals surface area (Å²) in [7, 11) is 0. The van der Waals surface area contributed by atoms with Crippen LogP contribution in [-0.4, -0.2) is 24.4 Å². The smallest absolute Gasteiger partial charge is 0.411 e. The third-order valence-electron chi connectivity index (χ3n) is 5.02. The topological polar surface area (TPSA) is 127 Å². The van der Waals surface area contributed by atoms with Crippen molar-refractivity contribution in [3.8, 4) is 5.75 Å². The fourth-order valence-electron chi connectivity index (χ4n) is 3.47. The maximum absolute atomic E-state index is 12.5. The Morgan fingerprint density at radius 1 is 0.971 bits per heavy atom. The number of rotatable bonds is 8. The van der Waals surface area contributed by atoms with Gasteiger partial charge in [-0.25, -0.2) is 4.79 Å². The van der Waals surface area contributed by atoms with Crippen molar-refractivity contribution in [1.29, 1.82) is 5.41 Å². The summed E-state index contributed by atoms with van der Waals surface area (Å²) < 4.78 is 12.8. The number of benzene rings is 3. The first-order valence-electron chi connectivity index (χ1n) is 10.8. The quantitative estimate of drug-likeness (QED) is 0.192. The number of carbonyl (C=O) groups is 2. The molecule has 1 atom stereocenters. The zero-order valence-corrected chi connectivity index (χ0v) is 19.7. The van der Waals surface area contributed by atoms with E-state index in [0.29, 0.717) is 22.0 Å². The van der Waals surface area contributed by atoms with Crippen molar-refractivity contribution in [1.82, 2.24) is 0 Å². The number of anilines is 2. The van der Waals surface area contributed by atoms with Crippen molar-refractivity contribution < 1.29 is 19.1 Å². The standard InChI is InChI=1S/C26H24N4O4S/c1-16(31)29-18-9-5-10-19(13-18)30-26(32)33-15-22(17-7-3-2-4-8-17)34-21-11-6-12-23-20(21)14-24(35-23)25(27)28/h2-14,22H,15H2,1H3,(H3,27,28)(H,29,31)(H,30,32). The molecule has 9 heteroatoms. The van der Waals surface area contributed by atoms with Crippen molar-refractivity contribution in [3.05, 3.63) is 89.3 Å². The normalized spacial score (nSPS) is 11.5. The fourth-order valence-corrected chi connectivity index (χ4v) is 4.41. The number of hydrogen-bond donors (Lipinski definition) is 4. The van der Waals surface area contributed by atoms with Crippen molar-refractivity contribution in [2.24, 2.45) is 5.73 Å². The fraction of sp³-hybridized carbons (Fsp3) is 0.115. The molecule has 2 amide bonds. The molecule has 0 aliphatic rings. The van der Waals surface area contributed by atoms with Crippen LogP contribution in [0.25, 0.3) is 10.1 Å². The minimum atomic E-state index is -0.651. The van der Waals surface area contributed by atoms with E-state index in [1.165, 1.54) is 18.3 Å². The molecule has 1 unspecified atom stereocenters. The van der Waals surface area contributed by atoms with Gasteiger partial charge in [0.2, 0.25) is 5.91 Å². The van der Waals surface area contributed by atoms with Crippen molar-refractivity contribution in [2.45, 2.75) is 13.0 Å². The highest BCUT2D eigenvalue weighted by molar-refractivity contribution is 7.20. The molecule has 1 aromatic heterocycles. The lowest BCUT2D eigenvalue weighted by Crippen LogP contribution is -2.21. The molecule has 0 saturated carbocycles. The number of hydrogen-bond acceptors (Lipinski definition) is 6. The molecule has 5 N–H and O–H groups in total. The summed E-state index contributed by atoms with van der Waals surface area (Å²) in [5.74, 6) is 0.398. The SMILES string of the molecule is CC(=O)Nc1cccc(NC(=O)OCC(Oc2cccc3sc(C(=N)N)cc23)c2ccccc2)c1. The predicted molar refractivity (Wildman–Crippen MR) is 138 cm³/mol. The van der Waals surface area contributed by atoms with Gasteiger partial charge in [-0.05, 0) is 42.0 Å². The average Bonchev–Trinajstić information content (AvgIpc) is 3.28. The largest absolute Gasteiger partial charge is 0.481 e. The monoisotopic (exact) mass is 488 g/mol. The zero-order chi connectivity index (χ0) is 24.8. The van der Waals surface area contributed by atoms with Crippen LogP contribution < -0.4 is 21.1 Å². The van der Waals surface area contributed by atoms with Gasteiger partial charge in [0.15, 0.2) is 6.10 Å². The van der Waals surface area contributed by atoms with Crippen molar-refractivity contribution in [2.75, 3.05) is 17.2 Å². The Morgan fingerprint density at radius 2 is 1.69 bits per heavy atom. The molecule has 4 aromatic rings. The molecule has 0 spiro atoms. The van der Waals surface area contributed by atoms with Gasteiger partial charge in [-0.2, -0.15) is 0 Å². The maximum atomic E-state index is 12.5. The Labute approximate surface area is 206 Å². The second-order valence-corrected chi connectivity index (χ2v) is 8.78. The first-order chi connectivity index (χ1) is 16.9. The van der Waals surface area contributed by atoms with Crippen LogP contribution in [0.5, 0.6) is 5.75 Å². The Kier molecular flexibility index (Phi) is 7.27. The summed E-state index contributed by atoms with van der Waals surface area (Å²) in [5, 5.41) is 13.9. The Hall–Kier alpha value is -4.37. The second-order valence-electron chi connectivity index (χ2n) is 7.69. The highest BCUT2D eigenvalue weighted by atomic mass is 32.1. The summed E-state index contributed by atoms with van der Waals surface area (Å²) in [4.78, 5) is 24.4. The van der Waals surface area contributed by atoms with Crippen LogP contribution in [0.4, 0.5) is 16.2 Å². The molecule has 3 aromatic carbocycles. The lowest BCUT2D eigenvalue weighted by molar-refractivity contribution is -0.114. The predicted octanol–water partition coefficient (Wildman–Crippen LogP) is 5.51. The number of carbonyl (C=O) groups excluding carboxylic acids is 2. The van der Waals surface area contributed by atoms with Crippen LogP contribution in [0.15, 0.2) is 78.9 Å². The number of amides is 2. The third-order valence-corrected chi connectivity index (χ3v) is 6.16. The van der Waals surface area contributed by atoms with Crippen LogP contribution in [0.3, 0.4) is 0 Å². The van der Waals surface area contributed by atoms with Gasteiger partial charge in [-0.1, -0.05) is 42.5 Å². The summed E-state index contributed by atoms with van der Waals surface area (Å²) in [6.45, 7) is 1.37. The highest BCUT2D eigenvalue weighted by Gasteiger charge is 2.19. The van der Waals surface area contributed by atoms with Gasteiger partial charge < -0.3 is 20.5 Å². The van der Waals surface area contributed by atoms with Crippen LogP contribution in [-0.2, 0) is 9.53 Å². The molecule has 178 valence electrons. The van der Waals surface area contributed by atoms with Crippen molar-refractivity contribution >= 4 is 50.6 Å². The number of fused-ring (bicyclic) bond motifs is 1. The first kappa shape index (κ1) is 23.8. The molecule has 0 aliphatic carbocycles. The molecule has 0 fully saturated rings. The maximum Gasteiger partial charge on any atom is 0.411 e. The lowest BCUT2D eigenvalue weighted by atomic mass is 10.1. The van der Waals surface area contributed by atoms with E-state index in [4.69, 9.17) is 20.6 Å². The molecule has 4 rings (SSSR count). The number of nitrogens with one attached hydrogen (secondary N) is 3. The summed E-state index contributed by atoms with van der Waals surface area (Å²) in [6, 6.07) is 23.7. The Morgan fingerprint density at radius 3 is 2.40 bits per heavy atom. The van der Waals surface area contributed by atoms with Gasteiger partial charge in [0, 0.05) is 28.4 Å². The lowest BCUT2D eigenvalue weighted by Gasteiger charge is -2.20. The summed E-state index contributed by atoms with van der Waals surface area (Å²) in [6.07, 6.45) is -1.22. The number of thiophene rings is 1. The van der Waals surface area contributed by atoms with E-state index in [2.05, 4.69) is 10.6 Å². The summed E-state index contributed by atoms with van der Waals surface area (Å²) >= 11 is 1.42. The molecule has 8 nitrogen and oxygen atoms in total. The molecule has 0 saturated heterocycles. The number of amidine groups is 1.